The van der Waals surface area contributed by atoms with Crippen LogP contribution in [0.25, 0.3) is 6.08 Å². The fourth-order valence-electron chi connectivity index (χ4n) is 2.93. The number of nitrogens with one attached hydrogen (secondary N) is 2. The van der Waals surface area contributed by atoms with E-state index in [9.17, 15) is 9.59 Å². The Morgan fingerprint density at radius 2 is 2.32 bits per heavy atom. The second-order valence-electron chi connectivity index (χ2n) is 5.09. The number of nitrogens with two attached hydrogens (primary N) is 1. The van der Waals surface area contributed by atoms with E-state index in [1.807, 2.05) is 18.2 Å². The lowest BCUT2D eigenvalue weighted by Gasteiger charge is -2.20. The smallest absolute Gasteiger partial charge is 0.236 e. The lowest BCUT2D eigenvalue weighted by atomic mass is 9.79. The molecule has 1 aromatic rings. The van der Waals surface area contributed by atoms with Gasteiger partial charge in [-0.15, -0.1) is 0 Å². The van der Waals surface area contributed by atoms with Gasteiger partial charge < -0.3 is 16.4 Å². The van der Waals surface area contributed by atoms with Crippen LogP contribution in [-0.2, 0) is 15.0 Å². The number of carbonyl (C=O) groups is 2. The number of fused-ring (bicyclic) bond motifs is 2. The summed E-state index contributed by atoms with van der Waals surface area (Å²) < 4.78 is 0. The Bertz CT molecular complexity index is 596. The quantitative estimate of drug-likeness (QED) is 0.715. The van der Waals surface area contributed by atoms with Gasteiger partial charge in [-0.1, -0.05) is 18.7 Å². The summed E-state index contributed by atoms with van der Waals surface area (Å²) in [6.45, 7) is 4.17. The molecule has 98 valence electrons. The predicted octanol–water partition coefficient (Wildman–Crippen LogP) is 0.367. The molecule has 2 aliphatic rings. The zero-order chi connectivity index (χ0) is 13.6. The van der Waals surface area contributed by atoms with Crippen molar-refractivity contribution in [3.63, 3.8) is 0 Å². The van der Waals surface area contributed by atoms with E-state index >= 15 is 0 Å². The Morgan fingerprint density at radius 1 is 1.53 bits per heavy atom. The standard InChI is InChI=1S/C14H15N3O2/c1-2-8-3-4-10-9(5-8)14(13(19)17-10)6-11(12(15)18)16-7-14/h2-5,11,16H,1,6-7H2,(H2,15,18)(H,17,19)/t11-,14-/m0/s1. The van der Waals surface area contributed by atoms with E-state index in [0.717, 1.165) is 16.8 Å². The zero-order valence-electron chi connectivity index (χ0n) is 10.4. The number of primary amides is 1. The highest BCUT2D eigenvalue weighted by molar-refractivity contribution is 6.07. The van der Waals surface area contributed by atoms with E-state index in [1.165, 1.54) is 0 Å². The molecule has 1 saturated heterocycles. The van der Waals surface area contributed by atoms with Crippen molar-refractivity contribution in [2.24, 2.45) is 5.73 Å². The van der Waals surface area contributed by atoms with Crippen LogP contribution in [0.2, 0.25) is 0 Å². The lowest BCUT2D eigenvalue weighted by Crippen LogP contribution is -2.36. The van der Waals surface area contributed by atoms with Crippen LogP contribution in [0.1, 0.15) is 17.5 Å². The van der Waals surface area contributed by atoms with E-state index in [1.54, 1.807) is 6.08 Å². The zero-order valence-corrected chi connectivity index (χ0v) is 10.4. The maximum atomic E-state index is 12.3. The first-order valence-electron chi connectivity index (χ1n) is 6.18. The van der Waals surface area contributed by atoms with Crippen molar-refractivity contribution >= 4 is 23.6 Å². The summed E-state index contributed by atoms with van der Waals surface area (Å²) in [6.07, 6.45) is 2.15. The van der Waals surface area contributed by atoms with Crippen molar-refractivity contribution < 1.29 is 9.59 Å². The van der Waals surface area contributed by atoms with Crippen molar-refractivity contribution in [3.8, 4) is 0 Å². The highest BCUT2D eigenvalue weighted by Gasteiger charge is 2.52. The molecule has 0 bridgehead atoms. The molecule has 0 saturated carbocycles. The van der Waals surface area contributed by atoms with Crippen LogP contribution in [0.5, 0.6) is 0 Å². The minimum Gasteiger partial charge on any atom is -0.368 e. The molecule has 1 aromatic carbocycles. The molecule has 5 heteroatoms. The Labute approximate surface area is 110 Å². The topological polar surface area (TPSA) is 84.2 Å². The monoisotopic (exact) mass is 257 g/mol. The molecule has 2 heterocycles. The van der Waals surface area contributed by atoms with Crippen LogP contribution in [0.4, 0.5) is 5.69 Å². The Balaban J connectivity index is 2.07. The van der Waals surface area contributed by atoms with E-state index in [0.29, 0.717) is 13.0 Å². The maximum Gasteiger partial charge on any atom is 0.236 e. The molecule has 4 N–H and O–H groups in total. The van der Waals surface area contributed by atoms with Crippen LogP contribution in [0.15, 0.2) is 24.8 Å². The molecule has 0 aliphatic carbocycles. The number of carbonyl (C=O) groups excluding carboxylic acids is 2. The third kappa shape index (κ3) is 1.58. The lowest BCUT2D eigenvalue weighted by molar-refractivity contribution is -0.120. The van der Waals surface area contributed by atoms with Gasteiger partial charge in [0.05, 0.1) is 11.5 Å². The molecule has 5 nitrogen and oxygen atoms in total. The van der Waals surface area contributed by atoms with E-state index < -0.39 is 17.4 Å². The average molecular weight is 257 g/mol. The molecule has 2 aliphatic heterocycles. The fraction of sp³-hybridized carbons (Fsp3) is 0.286. The molecule has 19 heavy (non-hydrogen) atoms. The third-order valence-corrected chi connectivity index (χ3v) is 4.02. The van der Waals surface area contributed by atoms with Crippen LogP contribution in [0.3, 0.4) is 0 Å². The third-order valence-electron chi connectivity index (χ3n) is 4.02. The summed E-state index contributed by atoms with van der Waals surface area (Å²) in [5.74, 6) is -0.488. The van der Waals surface area contributed by atoms with Crippen LogP contribution >= 0.6 is 0 Å². The maximum absolute atomic E-state index is 12.3. The summed E-state index contributed by atoms with van der Waals surface area (Å²) >= 11 is 0. The number of hydrogen-bond acceptors (Lipinski definition) is 3. The summed E-state index contributed by atoms with van der Waals surface area (Å²) in [5.41, 5.74) is 7.32. The molecule has 0 aromatic heterocycles. The minimum atomic E-state index is -0.686. The van der Waals surface area contributed by atoms with Gasteiger partial charge in [0.25, 0.3) is 0 Å². The number of benzene rings is 1. The summed E-state index contributed by atoms with van der Waals surface area (Å²) in [5, 5.41) is 5.91. The van der Waals surface area contributed by atoms with Gasteiger partial charge in [0, 0.05) is 12.2 Å². The number of hydrogen-bond donors (Lipinski definition) is 3. The predicted molar refractivity (Wildman–Crippen MR) is 72.4 cm³/mol. The highest BCUT2D eigenvalue weighted by Crippen LogP contribution is 2.43. The first kappa shape index (κ1) is 11.9. The molecular weight excluding hydrogens is 242 g/mol. The summed E-state index contributed by atoms with van der Waals surface area (Å²) in [4.78, 5) is 23.6. The van der Waals surface area contributed by atoms with Crippen LogP contribution in [0, 0.1) is 0 Å². The molecule has 2 atom stereocenters. The van der Waals surface area contributed by atoms with Gasteiger partial charge in [0.15, 0.2) is 0 Å². The van der Waals surface area contributed by atoms with E-state index in [4.69, 9.17) is 5.73 Å². The Morgan fingerprint density at radius 3 is 2.95 bits per heavy atom. The van der Waals surface area contributed by atoms with Gasteiger partial charge in [-0.2, -0.15) is 0 Å². The van der Waals surface area contributed by atoms with E-state index in [2.05, 4.69) is 17.2 Å². The second kappa shape index (κ2) is 3.93. The first-order chi connectivity index (χ1) is 9.06. The van der Waals surface area contributed by atoms with Gasteiger partial charge in [-0.05, 0) is 29.7 Å². The van der Waals surface area contributed by atoms with Crippen molar-refractivity contribution in [3.05, 3.63) is 35.9 Å². The number of amides is 2. The van der Waals surface area contributed by atoms with Crippen LogP contribution in [-0.4, -0.2) is 24.4 Å². The van der Waals surface area contributed by atoms with Crippen LogP contribution < -0.4 is 16.4 Å². The molecular formula is C14H15N3O2. The second-order valence-corrected chi connectivity index (χ2v) is 5.09. The molecule has 0 radical (unpaired) electrons. The normalized spacial score (nSPS) is 28.2. The number of rotatable bonds is 2. The molecule has 0 unspecified atom stereocenters. The van der Waals surface area contributed by atoms with Gasteiger partial charge in [-0.3, -0.25) is 9.59 Å². The molecule has 1 fully saturated rings. The Hall–Kier alpha value is -2.14. The SMILES string of the molecule is C=Cc1ccc2c(c1)[C@]1(CN[C@H](C(N)=O)C1)C(=O)N2. The molecule has 2 amide bonds. The largest absolute Gasteiger partial charge is 0.368 e. The van der Waals surface area contributed by atoms with E-state index in [-0.39, 0.29) is 5.91 Å². The number of anilines is 1. The Kier molecular flexibility index (Phi) is 2.46. The van der Waals surface area contributed by atoms with Gasteiger partial charge in [-0.25, -0.2) is 0 Å². The van der Waals surface area contributed by atoms with Gasteiger partial charge in [0.1, 0.15) is 0 Å². The highest BCUT2D eigenvalue weighted by atomic mass is 16.2. The molecule has 3 rings (SSSR count). The summed E-state index contributed by atoms with van der Waals surface area (Å²) in [6, 6.07) is 5.27. The van der Waals surface area contributed by atoms with Crippen molar-refractivity contribution in [2.75, 3.05) is 11.9 Å². The van der Waals surface area contributed by atoms with Gasteiger partial charge in [0.2, 0.25) is 11.8 Å². The van der Waals surface area contributed by atoms with Crippen molar-refractivity contribution in [1.82, 2.24) is 5.32 Å². The minimum absolute atomic E-state index is 0.0695. The fourth-order valence-corrected chi connectivity index (χ4v) is 2.93. The average Bonchev–Trinajstić information content (AvgIpc) is 2.95. The van der Waals surface area contributed by atoms with Crippen molar-refractivity contribution in [1.29, 1.82) is 0 Å². The van der Waals surface area contributed by atoms with Gasteiger partial charge >= 0.3 is 0 Å². The summed E-state index contributed by atoms with van der Waals surface area (Å²) in [7, 11) is 0. The first-order valence-corrected chi connectivity index (χ1v) is 6.18. The van der Waals surface area contributed by atoms with Crippen molar-refractivity contribution in [2.45, 2.75) is 17.9 Å². The molecule has 1 spiro atoms.